The van der Waals surface area contributed by atoms with Gasteiger partial charge in [0.1, 0.15) is 0 Å². The minimum Gasteiger partial charge on any atom is -0.385 e. The van der Waals surface area contributed by atoms with Crippen molar-refractivity contribution in [1.29, 1.82) is 0 Å². The largest absolute Gasteiger partial charge is 0.385 e. The van der Waals surface area contributed by atoms with Crippen LogP contribution < -0.4 is 5.73 Å². The molecule has 1 atom stereocenters. The van der Waals surface area contributed by atoms with Crippen molar-refractivity contribution in [3.05, 3.63) is 0 Å². The van der Waals surface area contributed by atoms with E-state index in [1.807, 2.05) is 0 Å². The monoisotopic (exact) mass is 153 g/mol. The Kier molecular flexibility index (Phi) is 10.9. The Morgan fingerprint density at radius 3 is 2.44 bits per heavy atom. The number of hydrogen-bond acceptors (Lipinski definition) is 2. The van der Waals surface area contributed by atoms with Crippen molar-refractivity contribution in [2.24, 2.45) is 5.73 Å². The van der Waals surface area contributed by atoms with Gasteiger partial charge < -0.3 is 10.5 Å². The van der Waals surface area contributed by atoms with Gasteiger partial charge in [0.25, 0.3) is 0 Å². The van der Waals surface area contributed by atoms with Crippen LogP contribution in [0.2, 0.25) is 0 Å². The maximum atomic E-state index is 5.58. The molecule has 0 aliphatic heterocycles. The Morgan fingerprint density at radius 2 is 2.11 bits per heavy atom. The van der Waals surface area contributed by atoms with Crippen LogP contribution in [0.15, 0.2) is 0 Å². The molecule has 0 fully saturated rings. The van der Waals surface area contributed by atoms with Crippen LogP contribution in [-0.2, 0) is 4.74 Å². The van der Waals surface area contributed by atoms with Crippen molar-refractivity contribution in [3.8, 4) is 0 Å². The van der Waals surface area contributed by atoms with E-state index in [-0.39, 0.29) is 12.4 Å². The number of hydrogen-bond donors (Lipinski definition) is 1. The van der Waals surface area contributed by atoms with Crippen LogP contribution in [0.1, 0.15) is 19.8 Å². The second-order valence-corrected chi connectivity index (χ2v) is 1.95. The molecule has 0 aromatic carbocycles. The molecule has 2 nitrogen and oxygen atoms in total. The lowest BCUT2D eigenvalue weighted by molar-refractivity contribution is 0.187. The number of nitrogens with two attached hydrogens (primary N) is 1. The highest BCUT2D eigenvalue weighted by Crippen LogP contribution is 1.91. The van der Waals surface area contributed by atoms with Crippen LogP contribution in [0.3, 0.4) is 0 Å². The number of halogens is 1. The first-order chi connectivity index (χ1) is 3.81. The number of ether oxygens (including phenoxy) is 1. The van der Waals surface area contributed by atoms with Gasteiger partial charge in [-0.1, -0.05) is 6.92 Å². The van der Waals surface area contributed by atoms with Crippen LogP contribution in [0.5, 0.6) is 0 Å². The van der Waals surface area contributed by atoms with E-state index in [1.165, 1.54) is 0 Å². The minimum absolute atomic E-state index is 0. The summed E-state index contributed by atoms with van der Waals surface area (Å²) in [7, 11) is 1.70. The third-order valence-corrected chi connectivity index (χ3v) is 1.22. The third-order valence-electron chi connectivity index (χ3n) is 1.22. The summed E-state index contributed by atoms with van der Waals surface area (Å²) in [6, 6.07) is 0.329. The van der Waals surface area contributed by atoms with Crippen LogP contribution >= 0.6 is 12.4 Å². The van der Waals surface area contributed by atoms with Crippen LogP contribution in [-0.4, -0.2) is 19.8 Å². The fourth-order valence-corrected chi connectivity index (χ4v) is 0.473. The summed E-state index contributed by atoms with van der Waals surface area (Å²) in [5, 5.41) is 0. The van der Waals surface area contributed by atoms with Gasteiger partial charge in [0.05, 0.1) is 0 Å². The maximum Gasteiger partial charge on any atom is 0.0477 e. The van der Waals surface area contributed by atoms with Crippen molar-refractivity contribution in [1.82, 2.24) is 0 Å². The number of rotatable bonds is 4. The fraction of sp³-hybridized carbons (Fsp3) is 1.00. The van der Waals surface area contributed by atoms with Crippen LogP contribution in [0.25, 0.3) is 0 Å². The Labute approximate surface area is 63.2 Å². The van der Waals surface area contributed by atoms with Crippen molar-refractivity contribution in [2.45, 2.75) is 25.8 Å². The van der Waals surface area contributed by atoms with E-state index >= 15 is 0 Å². The number of methoxy groups -OCH3 is 1. The molecule has 0 amide bonds. The molecular formula is C6H16ClNO. The molecule has 0 aromatic heterocycles. The summed E-state index contributed by atoms with van der Waals surface area (Å²) >= 11 is 0. The molecule has 0 aromatic rings. The van der Waals surface area contributed by atoms with Gasteiger partial charge in [0.15, 0.2) is 0 Å². The van der Waals surface area contributed by atoms with Crippen molar-refractivity contribution < 1.29 is 4.74 Å². The summed E-state index contributed by atoms with van der Waals surface area (Å²) in [6.07, 6.45) is 2.02. The second kappa shape index (κ2) is 8.21. The molecule has 1 unspecified atom stereocenters. The smallest absolute Gasteiger partial charge is 0.0477 e. The molecule has 0 heterocycles. The zero-order valence-corrected chi connectivity index (χ0v) is 6.91. The van der Waals surface area contributed by atoms with Crippen molar-refractivity contribution in [2.75, 3.05) is 13.7 Å². The molecule has 0 aliphatic carbocycles. The van der Waals surface area contributed by atoms with E-state index in [2.05, 4.69) is 6.92 Å². The van der Waals surface area contributed by atoms with Crippen molar-refractivity contribution in [3.63, 3.8) is 0 Å². The highest BCUT2D eigenvalue weighted by molar-refractivity contribution is 5.85. The van der Waals surface area contributed by atoms with Gasteiger partial charge in [-0.25, -0.2) is 0 Å². The predicted molar refractivity (Wildman–Crippen MR) is 42.0 cm³/mol. The molecule has 9 heavy (non-hydrogen) atoms. The highest BCUT2D eigenvalue weighted by atomic mass is 35.5. The zero-order chi connectivity index (χ0) is 6.41. The molecule has 3 heteroatoms. The lowest BCUT2D eigenvalue weighted by Gasteiger charge is -2.05. The van der Waals surface area contributed by atoms with Gasteiger partial charge in [-0.3, -0.25) is 0 Å². The predicted octanol–water partition coefficient (Wildman–Crippen LogP) is 1.18. The van der Waals surface area contributed by atoms with Gasteiger partial charge in [-0.05, 0) is 12.8 Å². The Hall–Kier alpha value is 0.210. The van der Waals surface area contributed by atoms with Gasteiger partial charge in [0, 0.05) is 19.8 Å². The molecule has 2 N–H and O–H groups in total. The second-order valence-electron chi connectivity index (χ2n) is 1.95. The first-order valence-corrected chi connectivity index (χ1v) is 3.05. The summed E-state index contributed by atoms with van der Waals surface area (Å²) in [6.45, 7) is 2.87. The van der Waals surface area contributed by atoms with E-state index in [0.29, 0.717) is 6.04 Å². The summed E-state index contributed by atoms with van der Waals surface area (Å²) in [5.41, 5.74) is 5.58. The molecule has 0 radical (unpaired) electrons. The topological polar surface area (TPSA) is 35.2 Å². The molecular weight excluding hydrogens is 138 g/mol. The first kappa shape index (κ1) is 11.9. The van der Waals surface area contributed by atoms with E-state index in [0.717, 1.165) is 19.4 Å². The zero-order valence-electron chi connectivity index (χ0n) is 6.09. The van der Waals surface area contributed by atoms with Gasteiger partial charge in [0.2, 0.25) is 0 Å². The minimum atomic E-state index is 0. The lowest BCUT2D eigenvalue weighted by Crippen LogP contribution is -2.20. The normalized spacial score (nSPS) is 12.3. The Morgan fingerprint density at radius 1 is 1.56 bits per heavy atom. The summed E-state index contributed by atoms with van der Waals surface area (Å²) in [4.78, 5) is 0. The Bertz CT molecular complexity index is 52.3. The molecule has 58 valence electrons. The lowest BCUT2D eigenvalue weighted by atomic mass is 10.2. The Balaban J connectivity index is 0. The van der Waals surface area contributed by atoms with Crippen LogP contribution in [0.4, 0.5) is 0 Å². The molecule has 0 spiro atoms. The molecule has 0 aliphatic rings. The van der Waals surface area contributed by atoms with E-state index in [4.69, 9.17) is 10.5 Å². The van der Waals surface area contributed by atoms with E-state index < -0.39 is 0 Å². The van der Waals surface area contributed by atoms with Crippen LogP contribution in [0, 0.1) is 0 Å². The van der Waals surface area contributed by atoms with Gasteiger partial charge >= 0.3 is 0 Å². The standard InChI is InChI=1S/C6H15NO.ClH/c1-3-6(7)4-5-8-2;/h6H,3-5,7H2,1-2H3;1H. The average molecular weight is 154 g/mol. The SMILES string of the molecule is CCC(N)CCOC.Cl. The van der Waals surface area contributed by atoms with Crippen molar-refractivity contribution >= 4 is 12.4 Å². The third kappa shape index (κ3) is 8.21. The maximum absolute atomic E-state index is 5.58. The van der Waals surface area contributed by atoms with Gasteiger partial charge in [-0.2, -0.15) is 0 Å². The highest BCUT2D eigenvalue weighted by Gasteiger charge is 1.95. The fourth-order valence-electron chi connectivity index (χ4n) is 0.473. The molecule has 0 rings (SSSR count). The summed E-state index contributed by atoms with van der Waals surface area (Å²) in [5.74, 6) is 0. The quantitative estimate of drug-likeness (QED) is 0.659. The van der Waals surface area contributed by atoms with E-state index in [9.17, 15) is 0 Å². The van der Waals surface area contributed by atoms with E-state index in [1.54, 1.807) is 7.11 Å². The molecule has 0 saturated heterocycles. The van der Waals surface area contributed by atoms with Gasteiger partial charge in [-0.15, -0.1) is 12.4 Å². The first-order valence-electron chi connectivity index (χ1n) is 3.05. The average Bonchev–Trinajstić information content (AvgIpc) is 1.83. The molecule has 0 bridgehead atoms. The molecule has 0 saturated carbocycles. The summed E-state index contributed by atoms with van der Waals surface area (Å²) < 4.78 is 4.83.